The van der Waals surface area contributed by atoms with E-state index < -0.39 is 18.0 Å². The molecule has 0 saturated carbocycles. The number of rotatable bonds is 8. The van der Waals surface area contributed by atoms with Crippen LogP contribution >= 0.6 is 0 Å². The van der Waals surface area contributed by atoms with E-state index in [-0.39, 0.29) is 18.9 Å². The van der Waals surface area contributed by atoms with Crippen molar-refractivity contribution in [1.29, 1.82) is 0 Å². The number of anilines is 1. The van der Waals surface area contributed by atoms with Gasteiger partial charge in [-0.25, -0.2) is 4.79 Å². The topological polar surface area (TPSA) is 117 Å². The normalized spacial score (nSPS) is 16.3. The van der Waals surface area contributed by atoms with Gasteiger partial charge >= 0.3 is 12.0 Å². The lowest BCUT2D eigenvalue weighted by atomic mass is 10.2. The van der Waals surface area contributed by atoms with Gasteiger partial charge < -0.3 is 30.1 Å². The lowest BCUT2D eigenvalue weighted by Crippen LogP contribution is -2.46. The van der Waals surface area contributed by atoms with E-state index in [1.165, 1.54) is 14.2 Å². The number of benzene rings is 1. The van der Waals surface area contributed by atoms with Gasteiger partial charge in [-0.3, -0.25) is 9.59 Å². The number of carboxylic acid groups (broad SMARTS) is 1. The van der Waals surface area contributed by atoms with Gasteiger partial charge in [0.25, 0.3) is 0 Å². The largest absolute Gasteiger partial charge is 0.497 e. The first-order valence-corrected chi connectivity index (χ1v) is 8.25. The molecule has 0 aromatic heterocycles. The van der Waals surface area contributed by atoms with Gasteiger partial charge in [0.2, 0.25) is 5.91 Å². The zero-order valence-electron chi connectivity index (χ0n) is 14.8. The lowest BCUT2D eigenvalue weighted by Gasteiger charge is -2.19. The fourth-order valence-corrected chi connectivity index (χ4v) is 2.67. The smallest absolute Gasteiger partial charge is 0.315 e. The van der Waals surface area contributed by atoms with E-state index in [1.54, 1.807) is 23.1 Å². The molecule has 142 valence electrons. The number of carbonyl (C=O) groups is 3. The number of hydrogen-bond donors (Lipinski definition) is 3. The summed E-state index contributed by atoms with van der Waals surface area (Å²) in [6.07, 6.45) is 0.784. The zero-order chi connectivity index (χ0) is 19.1. The summed E-state index contributed by atoms with van der Waals surface area (Å²) in [6, 6.07) is 4.05. The second kappa shape index (κ2) is 8.93. The van der Waals surface area contributed by atoms with Gasteiger partial charge in [0.05, 0.1) is 19.9 Å². The van der Waals surface area contributed by atoms with Gasteiger partial charge in [-0.15, -0.1) is 0 Å². The Hall–Kier alpha value is -2.97. The molecule has 0 bridgehead atoms. The van der Waals surface area contributed by atoms with Crippen LogP contribution in [-0.2, 0) is 9.59 Å². The van der Waals surface area contributed by atoms with Crippen molar-refractivity contribution in [1.82, 2.24) is 10.6 Å². The van der Waals surface area contributed by atoms with Crippen LogP contribution in [0.15, 0.2) is 18.2 Å². The molecule has 1 unspecified atom stereocenters. The maximum atomic E-state index is 12.6. The number of urea groups is 1. The standard InChI is InChI=1S/C17H23N3O6/c1-25-12-8-11(9-13(10-12)26-2)20-7-5-14(16(20)23)19-17(24)18-6-3-4-15(21)22/h8-10,14H,3-7H2,1-2H3,(H,21,22)(H2,18,19,24). The molecule has 0 radical (unpaired) electrons. The second-order valence-electron chi connectivity index (χ2n) is 5.80. The van der Waals surface area contributed by atoms with Gasteiger partial charge in [0, 0.05) is 37.7 Å². The van der Waals surface area contributed by atoms with Gasteiger partial charge in [-0.2, -0.15) is 0 Å². The van der Waals surface area contributed by atoms with E-state index in [0.717, 1.165) is 0 Å². The van der Waals surface area contributed by atoms with Crippen molar-refractivity contribution in [2.24, 2.45) is 0 Å². The highest BCUT2D eigenvalue weighted by Gasteiger charge is 2.34. The first kappa shape index (κ1) is 19.4. The number of aliphatic carboxylic acids is 1. The van der Waals surface area contributed by atoms with E-state index in [1.807, 2.05) is 0 Å². The SMILES string of the molecule is COc1cc(OC)cc(N2CCC(NC(=O)NCCCC(=O)O)C2=O)c1. The molecule has 1 atom stereocenters. The van der Waals surface area contributed by atoms with Crippen molar-refractivity contribution in [3.63, 3.8) is 0 Å². The van der Waals surface area contributed by atoms with Crippen LogP contribution in [0.3, 0.4) is 0 Å². The quantitative estimate of drug-likeness (QED) is 0.591. The highest BCUT2D eigenvalue weighted by Crippen LogP contribution is 2.30. The summed E-state index contributed by atoms with van der Waals surface area (Å²) in [6.45, 7) is 0.689. The monoisotopic (exact) mass is 365 g/mol. The minimum atomic E-state index is -0.914. The number of nitrogens with zero attached hydrogens (tertiary/aromatic N) is 1. The van der Waals surface area contributed by atoms with E-state index >= 15 is 0 Å². The van der Waals surface area contributed by atoms with Crippen molar-refractivity contribution in [3.05, 3.63) is 18.2 Å². The molecule has 3 amide bonds. The van der Waals surface area contributed by atoms with Gasteiger partial charge in [-0.05, 0) is 12.8 Å². The highest BCUT2D eigenvalue weighted by molar-refractivity contribution is 6.01. The minimum absolute atomic E-state index is 0.0198. The maximum absolute atomic E-state index is 12.6. The van der Waals surface area contributed by atoms with Gasteiger partial charge in [0.15, 0.2) is 0 Å². The number of carboxylic acids is 1. The van der Waals surface area contributed by atoms with Crippen LogP contribution in [0.5, 0.6) is 11.5 Å². The Bertz CT molecular complexity index is 656. The Labute approximate surface area is 151 Å². The van der Waals surface area contributed by atoms with Gasteiger partial charge in [-0.1, -0.05) is 0 Å². The Morgan fingerprint density at radius 3 is 2.46 bits per heavy atom. The fourth-order valence-electron chi connectivity index (χ4n) is 2.67. The molecule has 1 aliphatic rings. The molecule has 1 aromatic carbocycles. The van der Waals surface area contributed by atoms with Crippen LogP contribution in [0.2, 0.25) is 0 Å². The van der Waals surface area contributed by atoms with Crippen molar-refractivity contribution in [3.8, 4) is 11.5 Å². The number of methoxy groups -OCH3 is 2. The summed E-state index contributed by atoms with van der Waals surface area (Å²) >= 11 is 0. The van der Waals surface area contributed by atoms with Crippen molar-refractivity contribution in [2.75, 3.05) is 32.2 Å². The van der Waals surface area contributed by atoms with Crippen molar-refractivity contribution in [2.45, 2.75) is 25.3 Å². The Morgan fingerprint density at radius 2 is 1.88 bits per heavy atom. The summed E-state index contributed by atoms with van der Waals surface area (Å²) < 4.78 is 10.4. The fraction of sp³-hybridized carbons (Fsp3) is 0.471. The minimum Gasteiger partial charge on any atom is -0.497 e. The molecule has 9 heteroatoms. The molecule has 9 nitrogen and oxygen atoms in total. The summed E-state index contributed by atoms with van der Waals surface area (Å²) in [7, 11) is 3.06. The van der Waals surface area contributed by atoms with Crippen LogP contribution in [0.25, 0.3) is 0 Å². The second-order valence-corrected chi connectivity index (χ2v) is 5.80. The average Bonchev–Trinajstić information content (AvgIpc) is 2.98. The Morgan fingerprint density at radius 1 is 1.23 bits per heavy atom. The predicted molar refractivity (Wildman–Crippen MR) is 93.7 cm³/mol. The number of amides is 3. The molecule has 1 aliphatic heterocycles. The molecule has 1 saturated heterocycles. The van der Waals surface area contributed by atoms with Crippen LogP contribution in [0.4, 0.5) is 10.5 Å². The first-order valence-electron chi connectivity index (χ1n) is 8.25. The molecule has 0 aliphatic carbocycles. The van der Waals surface area contributed by atoms with E-state index in [4.69, 9.17) is 14.6 Å². The van der Waals surface area contributed by atoms with Crippen LogP contribution in [0, 0.1) is 0 Å². The maximum Gasteiger partial charge on any atom is 0.315 e. The third-order valence-electron chi connectivity index (χ3n) is 4.01. The molecule has 3 N–H and O–H groups in total. The number of hydrogen-bond acceptors (Lipinski definition) is 5. The summed E-state index contributed by atoms with van der Waals surface area (Å²) in [5, 5.41) is 13.7. The molecular formula is C17H23N3O6. The molecule has 1 fully saturated rings. The van der Waals surface area contributed by atoms with Crippen molar-refractivity contribution < 1.29 is 29.0 Å². The molecule has 26 heavy (non-hydrogen) atoms. The average molecular weight is 365 g/mol. The molecule has 1 heterocycles. The number of nitrogens with one attached hydrogen (secondary N) is 2. The Balaban J connectivity index is 1.93. The highest BCUT2D eigenvalue weighted by atomic mass is 16.5. The Kier molecular flexibility index (Phi) is 6.65. The zero-order valence-corrected chi connectivity index (χ0v) is 14.8. The molecule has 0 spiro atoms. The van der Waals surface area contributed by atoms with E-state index in [2.05, 4.69) is 10.6 Å². The molecule has 2 rings (SSSR count). The molecular weight excluding hydrogens is 342 g/mol. The van der Waals surface area contributed by atoms with E-state index in [9.17, 15) is 14.4 Å². The number of ether oxygens (including phenoxy) is 2. The van der Waals surface area contributed by atoms with Crippen LogP contribution in [0.1, 0.15) is 19.3 Å². The lowest BCUT2D eigenvalue weighted by molar-refractivity contribution is -0.137. The third-order valence-corrected chi connectivity index (χ3v) is 4.01. The summed E-state index contributed by atoms with van der Waals surface area (Å²) in [4.78, 5) is 36.4. The third kappa shape index (κ3) is 5.01. The predicted octanol–water partition coefficient (Wildman–Crippen LogP) is 0.973. The number of carbonyl (C=O) groups excluding carboxylic acids is 2. The van der Waals surface area contributed by atoms with Gasteiger partial charge in [0.1, 0.15) is 17.5 Å². The summed E-state index contributed by atoms with van der Waals surface area (Å²) in [5.74, 6) is 0.00277. The van der Waals surface area contributed by atoms with Crippen molar-refractivity contribution >= 4 is 23.6 Å². The summed E-state index contributed by atoms with van der Waals surface area (Å²) in [5.41, 5.74) is 0.636. The molecule has 1 aromatic rings. The first-order chi connectivity index (χ1) is 12.4. The van der Waals surface area contributed by atoms with Crippen LogP contribution < -0.4 is 25.0 Å². The van der Waals surface area contributed by atoms with Crippen LogP contribution in [-0.4, -0.2) is 56.4 Å². The van der Waals surface area contributed by atoms with E-state index in [0.29, 0.717) is 36.6 Å².